The molecule has 0 saturated heterocycles. The fraction of sp³-hybridized carbons (Fsp3) is 0.316. The number of anilines is 1. The lowest BCUT2D eigenvalue weighted by molar-refractivity contribution is -0.238. The largest absolute Gasteiger partial charge is 0.479 e. The number of ether oxygens (including phenoxy) is 1. The van der Waals surface area contributed by atoms with Gasteiger partial charge in [0, 0.05) is 12.2 Å². The number of carboxylic acid groups (broad SMARTS) is 1. The van der Waals surface area contributed by atoms with Crippen LogP contribution in [-0.2, 0) is 16.1 Å². The van der Waals surface area contributed by atoms with E-state index >= 15 is 0 Å². The number of carboxylic acids is 1. The molecule has 2 unspecified atom stereocenters. The molecule has 0 fully saturated rings. The third kappa shape index (κ3) is 5.49. The number of alkyl halides is 3. The monoisotopic (exact) mass is 367 g/mol. The minimum atomic E-state index is -4.71. The lowest BCUT2D eigenvalue weighted by Gasteiger charge is -2.24. The van der Waals surface area contributed by atoms with Gasteiger partial charge in [-0.05, 0) is 29.7 Å². The lowest BCUT2D eigenvalue weighted by Crippen LogP contribution is -2.32. The standard InChI is InChI=1S/C19H20F3NO3/c1-2-16(18(24)25)26-17(19(20,21)22)14-8-10-15(11-9-14)23-12-13-6-4-3-5-7-13/h3-11,16-17,23H,2,12H2,1H3,(H,24,25). The van der Waals surface area contributed by atoms with Crippen molar-refractivity contribution in [1.82, 2.24) is 0 Å². The van der Waals surface area contributed by atoms with Crippen molar-refractivity contribution in [1.29, 1.82) is 0 Å². The summed E-state index contributed by atoms with van der Waals surface area (Å²) >= 11 is 0. The Morgan fingerprint density at radius 3 is 2.23 bits per heavy atom. The SMILES string of the molecule is CCC(OC(c1ccc(NCc2ccccc2)cc1)C(F)(F)F)C(=O)O. The molecule has 2 N–H and O–H groups in total. The zero-order chi connectivity index (χ0) is 19.2. The Morgan fingerprint density at radius 2 is 1.73 bits per heavy atom. The molecule has 2 rings (SSSR count). The molecule has 2 aromatic rings. The van der Waals surface area contributed by atoms with Gasteiger partial charge in [0.15, 0.2) is 12.2 Å². The van der Waals surface area contributed by atoms with E-state index in [1.54, 1.807) is 0 Å². The van der Waals surface area contributed by atoms with Gasteiger partial charge < -0.3 is 15.2 Å². The first-order chi connectivity index (χ1) is 12.3. The minimum absolute atomic E-state index is 0.0569. The van der Waals surface area contributed by atoms with Crippen molar-refractivity contribution in [3.05, 3.63) is 65.7 Å². The van der Waals surface area contributed by atoms with Crippen LogP contribution in [0.2, 0.25) is 0 Å². The molecule has 0 saturated carbocycles. The van der Waals surface area contributed by atoms with E-state index in [4.69, 9.17) is 9.84 Å². The summed E-state index contributed by atoms with van der Waals surface area (Å²) in [4.78, 5) is 11.0. The highest BCUT2D eigenvalue weighted by atomic mass is 19.4. The smallest absolute Gasteiger partial charge is 0.418 e. The van der Waals surface area contributed by atoms with Gasteiger partial charge in [-0.15, -0.1) is 0 Å². The Morgan fingerprint density at radius 1 is 1.12 bits per heavy atom. The predicted octanol–water partition coefficient (Wildman–Crippen LogP) is 4.78. The maximum absolute atomic E-state index is 13.3. The van der Waals surface area contributed by atoms with Crippen molar-refractivity contribution < 1.29 is 27.8 Å². The topological polar surface area (TPSA) is 58.6 Å². The van der Waals surface area contributed by atoms with Crippen LogP contribution in [-0.4, -0.2) is 23.4 Å². The van der Waals surface area contributed by atoms with Crippen LogP contribution >= 0.6 is 0 Å². The average molecular weight is 367 g/mol. The second kappa shape index (κ2) is 8.71. The van der Waals surface area contributed by atoms with Gasteiger partial charge >= 0.3 is 12.1 Å². The van der Waals surface area contributed by atoms with E-state index in [2.05, 4.69) is 5.32 Å². The van der Waals surface area contributed by atoms with Crippen LogP contribution in [0.15, 0.2) is 54.6 Å². The molecule has 140 valence electrons. The molecule has 0 amide bonds. The van der Waals surface area contributed by atoms with Crippen molar-refractivity contribution in [3.8, 4) is 0 Å². The van der Waals surface area contributed by atoms with Crippen molar-refractivity contribution in [2.75, 3.05) is 5.32 Å². The Labute approximate surface area is 149 Å². The molecule has 2 atom stereocenters. The molecular weight excluding hydrogens is 347 g/mol. The number of aliphatic carboxylic acids is 1. The Kier molecular flexibility index (Phi) is 6.63. The molecule has 0 spiro atoms. The van der Waals surface area contributed by atoms with E-state index in [0.717, 1.165) is 5.56 Å². The van der Waals surface area contributed by atoms with Gasteiger partial charge in [-0.25, -0.2) is 4.79 Å². The molecule has 0 aromatic heterocycles. The molecule has 4 nitrogen and oxygen atoms in total. The van der Waals surface area contributed by atoms with E-state index in [0.29, 0.717) is 12.2 Å². The van der Waals surface area contributed by atoms with Crippen molar-refractivity contribution in [2.24, 2.45) is 0 Å². The van der Waals surface area contributed by atoms with Crippen molar-refractivity contribution in [3.63, 3.8) is 0 Å². The van der Waals surface area contributed by atoms with E-state index in [9.17, 15) is 18.0 Å². The Balaban J connectivity index is 2.10. The molecule has 0 bridgehead atoms. The molecule has 7 heteroatoms. The third-order valence-electron chi connectivity index (χ3n) is 3.80. The lowest BCUT2D eigenvalue weighted by atomic mass is 10.1. The minimum Gasteiger partial charge on any atom is -0.479 e. The summed E-state index contributed by atoms with van der Waals surface area (Å²) in [5.74, 6) is -1.41. The molecular formula is C19H20F3NO3. The van der Waals surface area contributed by atoms with E-state index in [1.165, 1.54) is 31.2 Å². The normalized spacial score (nSPS) is 13.8. The summed E-state index contributed by atoms with van der Waals surface area (Å²) in [5.41, 5.74) is 1.56. The van der Waals surface area contributed by atoms with Crippen LogP contribution in [0.1, 0.15) is 30.6 Å². The average Bonchev–Trinajstić information content (AvgIpc) is 2.61. The van der Waals surface area contributed by atoms with Crippen molar-refractivity contribution >= 4 is 11.7 Å². The zero-order valence-corrected chi connectivity index (χ0v) is 14.2. The summed E-state index contributed by atoms with van der Waals surface area (Å²) in [6.45, 7) is 2.00. The Bertz CT molecular complexity index is 702. The van der Waals surface area contributed by atoms with Crippen LogP contribution in [0.25, 0.3) is 0 Å². The van der Waals surface area contributed by atoms with E-state index < -0.39 is 24.4 Å². The van der Waals surface area contributed by atoms with Gasteiger partial charge in [0.25, 0.3) is 0 Å². The van der Waals surface area contributed by atoms with Gasteiger partial charge in [0.1, 0.15) is 0 Å². The van der Waals surface area contributed by atoms with Gasteiger partial charge in [0.2, 0.25) is 0 Å². The number of nitrogens with one attached hydrogen (secondary N) is 1. The number of benzene rings is 2. The molecule has 0 heterocycles. The highest BCUT2D eigenvalue weighted by Gasteiger charge is 2.44. The summed E-state index contributed by atoms with van der Waals surface area (Å²) in [6.07, 6.45) is -8.57. The molecule has 26 heavy (non-hydrogen) atoms. The first-order valence-electron chi connectivity index (χ1n) is 8.14. The quantitative estimate of drug-likeness (QED) is 0.705. The van der Waals surface area contributed by atoms with Gasteiger partial charge in [-0.2, -0.15) is 13.2 Å². The maximum atomic E-state index is 13.3. The van der Waals surface area contributed by atoms with Gasteiger partial charge in [-0.3, -0.25) is 0 Å². The summed E-state index contributed by atoms with van der Waals surface area (Å²) in [5, 5.41) is 12.1. The van der Waals surface area contributed by atoms with Gasteiger partial charge in [-0.1, -0.05) is 49.4 Å². The molecule has 0 aliphatic rings. The second-order valence-electron chi connectivity index (χ2n) is 5.75. The highest BCUT2D eigenvalue weighted by Crippen LogP contribution is 2.37. The van der Waals surface area contributed by atoms with Crippen LogP contribution in [0, 0.1) is 0 Å². The number of hydrogen-bond acceptors (Lipinski definition) is 3. The Hall–Kier alpha value is -2.54. The van der Waals surface area contributed by atoms with Crippen LogP contribution in [0.5, 0.6) is 0 Å². The van der Waals surface area contributed by atoms with Crippen LogP contribution in [0.3, 0.4) is 0 Å². The van der Waals surface area contributed by atoms with Crippen LogP contribution < -0.4 is 5.32 Å². The summed E-state index contributed by atoms with van der Waals surface area (Å²) in [6, 6.07) is 15.2. The first kappa shape index (κ1) is 19.8. The zero-order valence-electron chi connectivity index (χ0n) is 14.2. The first-order valence-corrected chi connectivity index (χ1v) is 8.14. The molecule has 0 aliphatic heterocycles. The predicted molar refractivity (Wildman–Crippen MR) is 91.8 cm³/mol. The fourth-order valence-corrected chi connectivity index (χ4v) is 2.41. The number of halogens is 3. The molecule has 2 aromatic carbocycles. The van der Waals surface area contributed by atoms with E-state index in [-0.39, 0.29) is 12.0 Å². The number of carbonyl (C=O) groups is 1. The number of rotatable bonds is 8. The maximum Gasteiger partial charge on any atom is 0.418 e. The van der Waals surface area contributed by atoms with Gasteiger partial charge in [0.05, 0.1) is 0 Å². The third-order valence-corrected chi connectivity index (χ3v) is 3.80. The number of hydrogen-bond donors (Lipinski definition) is 2. The van der Waals surface area contributed by atoms with Crippen molar-refractivity contribution in [2.45, 2.75) is 38.3 Å². The summed E-state index contributed by atoms with van der Waals surface area (Å²) < 4.78 is 44.7. The molecule has 0 aliphatic carbocycles. The second-order valence-corrected chi connectivity index (χ2v) is 5.75. The molecule has 0 radical (unpaired) electrons. The highest BCUT2D eigenvalue weighted by molar-refractivity contribution is 5.72. The fourth-order valence-electron chi connectivity index (χ4n) is 2.41. The summed E-state index contributed by atoms with van der Waals surface area (Å²) in [7, 11) is 0. The van der Waals surface area contributed by atoms with Crippen LogP contribution in [0.4, 0.5) is 18.9 Å². The van der Waals surface area contributed by atoms with E-state index in [1.807, 2.05) is 30.3 Å².